The first-order valence-electron chi connectivity index (χ1n) is 8.63. The molecule has 0 aromatic heterocycles. The Morgan fingerprint density at radius 3 is 2.69 bits per heavy atom. The summed E-state index contributed by atoms with van der Waals surface area (Å²) in [6.07, 6.45) is 0. The number of amidine groups is 1. The molecule has 0 spiro atoms. The highest BCUT2D eigenvalue weighted by molar-refractivity contribution is 7.90. The monoisotopic (exact) mass is 417 g/mol. The topological polar surface area (TPSA) is 137 Å². The summed E-state index contributed by atoms with van der Waals surface area (Å²) in [6.45, 7) is 1.22. The third-order valence-corrected chi connectivity index (χ3v) is 5.38. The van der Waals surface area contributed by atoms with E-state index in [0.29, 0.717) is 16.9 Å². The van der Waals surface area contributed by atoms with Gasteiger partial charge in [-0.05, 0) is 36.8 Å². The van der Waals surface area contributed by atoms with Crippen molar-refractivity contribution in [2.45, 2.75) is 24.5 Å². The first-order valence-corrected chi connectivity index (χ1v) is 10.1. The van der Waals surface area contributed by atoms with Crippen molar-refractivity contribution in [3.05, 3.63) is 59.7 Å². The van der Waals surface area contributed by atoms with E-state index in [1.807, 2.05) is 0 Å². The van der Waals surface area contributed by atoms with Crippen LogP contribution in [0.5, 0.6) is 5.75 Å². The average molecular weight is 417 g/mol. The molecule has 10 heteroatoms. The van der Waals surface area contributed by atoms with Crippen molar-refractivity contribution in [2.75, 3.05) is 6.61 Å². The van der Waals surface area contributed by atoms with Crippen LogP contribution in [0.4, 0.5) is 0 Å². The normalized spacial score (nSPS) is 16.5. The minimum atomic E-state index is -3.68. The predicted octanol–water partition coefficient (Wildman–Crippen LogP) is 0.721. The second-order valence-electron chi connectivity index (χ2n) is 6.27. The molecular weight excluding hydrogens is 398 g/mol. The van der Waals surface area contributed by atoms with Crippen LogP contribution < -0.4 is 15.2 Å². The summed E-state index contributed by atoms with van der Waals surface area (Å²) in [5.41, 5.74) is 6.09. The highest BCUT2D eigenvalue weighted by Gasteiger charge is 2.31. The fourth-order valence-electron chi connectivity index (χ4n) is 2.63. The second kappa shape index (κ2) is 8.31. The largest absolute Gasteiger partial charge is 0.484 e. The zero-order valence-electron chi connectivity index (χ0n) is 15.5. The van der Waals surface area contributed by atoms with Crippen molar-refractivity contribution < 1.29 is 27.5 Å². The summed E-state index contributed by atoms with van der Waals surface area (Å²) in [6, 6.07) is 12.1. The molecule has 1 amide bonds. The number of rotatable bonds is 7. The molecule has 2 aromatic rings. The zero-order chi connectivity index (χ0) is 21.0. The third-order valence-electron chi connectivity index (χ3n) is 3.99. The average Bonchev–Trinajstić information content (AvgIpc) is 2.95. The van der Waals surface area contributed by atoms with Crippen molar-refractivity contribution in [3.63, 3.8) is 0 Å². The Labute approximate surface area is 167 Å². The number of primary amides is 1. The SMILES string of the molecule is C[C@H](N=C1NS(=O)(=O)c2ccccc21)C(=O)OCc1cccc(OCC(N)=O)c1. The van der Waals surface area contributed by atoms with E-state index in [1.165, 1.54) is 13.0 Å². The van der Waals surface area contributed by atoms with Crippen molar-refractivity contribution >= 4 is 27.7 Å². The van der Waals surface area contributed by atoms with E-state index in [4.69, 9.17) is 15.2 Å². The standard InChI is InChI=1S/C19H19N3O6S/c1-12(21-18-15-7-2-3-8-16(15)29(25,26)22-18)19(24)28-10-13-5-4-6-14(9-13)27-11-17(20)23/h2-9,12H,10-11H2,1H3,(H2,20,23)(H,21,22)/t12-/m0/s1. The molecule has 2 aromatic carbocycles. The number of nitrogens with two attached hydrogens (primary N) is 1. The van der Waals surface area contributed by atoms with E-state index < -0.39 is 27.9 Å². The molecule has 1 aliphatic heterocycles. The Balaban J connectivity index is 1.64. The lowest BCUT2D eigenvalue weighted by Gasteiger charge is -2.10. The molecular formula is C19H19N3O6S. The van der Waals surface area contributed by atoms with Crippen molar-refractivity contribution in [3.8, 4) is 5.75 Å². The third kappa shape index (κ3) is 4.91. The predicted molar refractivity (Wildman–Crippen MR) is 104 cm³/mol. The van der Waals surface area contributed by atoms with Gasteiger partial charge in [0, 0.05) is 5.56 Å². The molecule has 0 unspecified atom stereocenters. The number of nitrogens with zero attached hydrogens (tertiary/aromatic N) is 1. The quantitative estimate of drug-likeness (QED) is 0.637. The number of carbonyl (C=O) groups is 2. The maximum atomic E-state index is 12.3. The summed E-state index contributed by atoms with van der Waals surface area (Å²) in [5.74, 6) is -0.696. The van der Waals surface area contributed by atoms with Gasteiger partial charge in [0.15, 0.2) is 6.61 Å². The summed E-state index contributed by atoms with van der Waals surface area (Å²) < 4.78 is 37.0. The number of amides is 1. The summed E-state index contributed by atoms with van der Waals surface area (Å²) >= 11 is 0. The van der Waals surface area contributed by atoms with Gasteiger partial charge < -0.3 is 15.2 Å². The number of benzene rings is 2. The maximum Gasteiger partial charge on any atom is 0.330 e. The van der Waals surface area contributed by atoms with Crippen LogP contribution >= 0.6 is 0 Å². The lowest BCUT2D eigenvalue weighted by Crippen LogP contribution is -2.26. The van der Waals surface area contributed by atoms with Gasteiger partial charge in [-0.25, -0.2) is 13.2 Å². The molecule has 1 aliphatic rings. The van der Waals surface area contributed by atoms with Crippen molar-refractivity contribution in [2.24, 2.45) is 10.7 Å². The minimum absolute atomic E-state index is 0.0376. The molecule has 9 nitrogen and oxygen atoms in total. The Morgan fingerprint density at radius 2 is 1.93 bits per heavy atom. The van der Waals surface area contributed by atoms with E-state index in [-0.39, 0.29) is 23.9 Å². The number of sulfonamides is 1. The van der Waals surface area contributed by atoms with Gasteiger partial charge in [-0.15, -0.1) is 0 Å². The molecule has 0 aliphatic carbocycles. The Morgan fingerprint density at radius 1 is 1.17 bits per heavy atom. The van der Waals surface area contributed by atoms with E-state index in [1.54, 1.807) is 42.5 Å². The number of esters is 1. The van der Waals surface area contributed by atoms with Gasteiger partial charge >= 0.3 is 5.97 Å². The number of hydrogen-bond acceptors (Lipinski definition) is 7. The minimum Gasteiger partial charge on any atom is -0.484 e. The van der Waals surface area contributed by atoms with Crippen LogP contribution in [0, 0.1) is 0 Å². The van der Waals surface area contributed by atoms with Crippen LogP contribution in [-0.4, -0.2) is 38.8 Å². The van der Waals surface area contributed by atoms with E-state index >= 15 is 0 Å². The molecule has 152 valence electrons. The smallest absolute Gasteiger partial charge is 0.330 e. The molecule has 1 heterocycles. The van der Waals surface area contributed by atoms with Gasteiger partial charge in [-0.2, -0.15) is 0 Å². The molecule has 29 heavy (non-hydrogen) atoms. The molecule has 0 radical (unpaired) electrons. The summed E-state index contributed by atoms with van der Waals surface area (Å²) in [7, 11) is -3.68. The van der Waals surface area contributed by atoms with Gasteiger partial charge in [-0.3, -0.25) is 14.5 Å². The highest BCUT2D eigenvalue weighted by Crippen LogP contribution is 2.22. The van der Waals surface area contributed by atoms with Gasteiger partial charge in [0.1, 0.15) is 24.2 Å². The van der Waals surface area contributed by atoms with Gasteiger partial charge in [0.05, 0.1) is 4.90 Å². The van der Waals surface area contributed by atoms with Crippen molar-refractivity contribution in [1.29, 1.82) is 0 Å². The van der Waals surface area contributed by atoms with Crippen LogP contribution in [0.2, 0.25) is 0 Å². The van der Waals surface area contributed by atoms with Gasteiger partial charge in [0.2, 0.25) is 0 Å². The number of hydrogen-bond donors (Lipinski definition) is 2. The number of aliphatic imine (C=N–C) groups is 1. The summed E-state index contributed by atoms with van der Waals surface area (Å²) in [4.78, 5) is 27.3. The van der Waals surface area contributed by atoms with Gasteiger partial charge in [-0.1, -0.05) is 24.3 Å². The molecule has 0 bridgehead atoms. The maximum absolute atomic E-state index is 12.3. The van der Waals surface area contributed by atoms with Crippen molar-refractivity contribution in [1.82, 2.24) is 4.72 Å². The molecule has 3 rings (SSSR count). The zero-order valence-corrected chi connectivity index (χ0v) is 16.3. The van der Waals surface area contributed by atoms with Crippen LogP contribution in [-0.2, 0) is 31.0 Å². The molecule has 0 fully saturated rings. The molecule has 0 saturated heterocycles. The van der Waals surface area contributed by atoms with Crippen LogP contribution in [0.15, 0.2) is 58.4 Å². The number of carbonyl (C=O) groups excluding carboxylic acids is 2. The Hall–Kier alpha value is -3.40. The molecule has 3 N–H and O–H groups in total. The number of fused-ring (bicyclic) bond motifs is 1. The Kier molecular flexibility index (Phi) is 5.83. The molecule has 0 saturated carbocycles. The Bertz CT molecular complexity index is 1080. The van der Waals surface area contributed by atoms with E-state index in [0.717, 1.165) is 0 Å². The van der Waals surface area contributed by atoms with Crippen LogP contribution in [0.1, 0.15) is 18.1 Å². The fraction of sp³-hybridized carbons (Fsp3) is 0.211. The van der Waals surface area contributed by atoms with E-state index in [2.05, 4.69) is 9.71 Å². The molecule has 1 atom stereocenters. The fourth-order valence-corrected chi connectivity index (χ4v) is 3.87. The number of nitrogens with one attached hydrogen (secondary N) is 1. The first-order chi connectivity index (χ1) is 13.8. The second-order valence-corrected chi connectivity index (χ2v) is 7.92. The summed E-state index contributed by atoms with van der Waals surface area (Å²) in [5, 5.41) is 0. The highest BCUT2D eigenvalue weighted by atomic mass is 32.2. The lowest BCUT2D eigenvalue weighted by atomic mass is 10.2. The number of ether oxygens (including phenoxy) is 2. The van der Waals surface area contributed by atoms with E-state index in [9.17, 15) is 18.0 Å². The lowest BCUT2D eigenvalue weighted by molar-refractivity contribution is -0.146. The van der Waals surface area contributed by atoms with Crippen LogP contribution in [0.25, 0.3) is 0 Å². The first kappa shape index (κ1) is 20.3. The van der Waals surface area contributed by atoms with Crippen LogP contribution in [0.3, 0.4) is 0 Å². The van der Waals surface area contributed by atoms with Gasteiger partial charge in [0.25, 0.3) is 15.9 Å².